The SMILES string of the molecule is Clc1ccc(COc2cccc(CNCc3ccccn3)c2)c(Cl)c1.[Cl-]. The summed E-state index contributed by atoms with van der Waals surface area (Å²) >= 11 is 12.1. The van der Waals surface area contributed by atoms with Crippen molar-refractivity contribution in [1.82, 2.24) is 10.3 Å². The Balaban J connectivity index is 0.00000243. The summed E-state index contributed by atoms with van der Waals surface area (Å²) in [5, 5.41) is 4.61. The second kappa shape index (κ2) is 10.4. The van der Waals surface area contributed by atoms with Crippen LogP contribution >= 0.6 is 23.2 Å². The molecule has 2 aromatic carbocycles. The van der Waals surface area contributed by atoms with E-state index >= 15 is 0 Å². The molecule has 0 aliphatic heterocycles. The number of hydrogen-bond donors (Lipinski definition) is 1. The molecule has 0 saturated carbocycles. The summed E-state index contributed by atoms with van der Waals surface area (Å²) in [4.78, 5) is 4.30. The van der Waals surface area contributed by atoms with Gasteiger partial charge in [0.05, 0.1) is 5.69 Å². The van der Waals surface area contributed by atoms with Crippen LogP contribution in [-0.4, -0.2) is 4.98 Å². The van der Waals surface area contributed by atoms with Gasteiger partial charge in [0.25, 0.3) is 0 Å². The first-order valence-corrected chi connectivity index (χ1v) is 8.72. The molecule has 0 amide bonds. The fraction of sp³-hybridized carbons (Fsp3) is 0.150. The molecule has 0 radical (unpaired) electrons. The fourth-order valence-electron chi connectivity index (χ4n) is 2.38. The predicted molar refractivity (Wildman–Crippen MR) is 102 cm³/mol. The molecule has 1 heterocycles. The maximum atomic E-state index is 6.17. The molecule has 3 rings (SSSR count). The second-order valence-electron chi connectivity index (χ2n) is 5.60. The van der Waals surface area contributed by atoms with Crippen LogP contribution in [0.15, 0.2) is 66.9 Å². The lowest BCUT2D eigenvalue weighted by atomic mass is 10.2. The zero-order valence-electron chi connectivity index (χ0n) is 14.0. The molecule has 136 valence electrons. The topological polar surface area (TPSA) is 34.1 Å². The summed E-state index contributed by atoms with van der Waals surface area (Å²) in [5.74, 6) is 0.808. The van der Waals surface area contributed by atoms with Crippen LogP contribution in [0.2, 0.25) is 10.0 Å². The summed E-state index contributed by atoms with van der Waals surface area (Å²) in [5.41, 5.74) is 3.08. The van der Waals surface area contributed by atoms with Crippen molar-refractivity contribution in [1.29, 1.82) is 0 Å². The monoisotopic (exact) mass is 407 g/mol. The Labute approximate surface area is 169 Å². The number of nitrogens with one attached hydrogen (secondary N) is 1. The molecule has 0 atom stereocenters. The Morgan fingerprint density at radius 2 is 1.81 bits per heavy atom. The Morgan fingerprint density at radius 1 is 0.923 bits per heavy atom. The molecule has 0 fully saturated rings. The lowest BCUT2D eigenvalue weighted by molar-refractivity contribution is -0.00000533. The Morgan fingerprint density at radius 3 is 2.58 bits per heavy atom. The summed E-state index contributed by atoms with van der Waals surface area (Å²) in [7, 11) is 0. The number of hydrogen-bond acceptors (Lipinski definition) is 3. The van der Waals surface area contributed by atoms with Crippen molar-refractivity contribution in [3.63, 3.8) is 0 Å². The van der Waals surface area contributed by atoms with Crippen molar-refractivity contribution >= 4 is 23.2 Å². The largest absolute Gasteiger partial charge is 1.00 e. The van der Waals surface area contributed by atoms with Crippen LogP contribution in [0, 0.1) is 0 Å². The minimum atomic E-state index is 0. The van der Waals surface area contributed by atoms with E-state index in [1.54, 1.807) is 12.3 Å². The molecule has 26 heavy (non-hydrogen) atoms. The van der Waals surface area contributed by atoms with Crippen molar-refractivity contribution in [2.75, 3.05) is 0 Å². The van der Waals surface area contributed by atoms with Gasteiger partial charge in [0.2, 0.25) is 0 Å². The van der Waals surface area contributed by atoms with Gasteiger partial charge in [0.1, 0.15) is 12.4 Å². The van der Waals surface area contributed by atoms with Gasteiger partial charge in [-0.1, -0.05) is 47.5 Å². The second-order valence-corrected chi connectivity index (χ2v) is 6.44. The van der Waals surface area contributed by atoms with Crippen LogP contribution in [0.5, 0.6) is 5.75 Å². The van der Waals surface area contributed by atoms with Gasteiger partial charge in [-0.3, -0.25) is 4.98 Å². The lowest BCUT2D eigenvalue weighted by Gasteiger charge is -2.10. The third-order valence-corrected chi connectivity index (χ3v) is 4.26. The molecule has 0 bridgehead atoms. The van der Waals surface area contributed by atoms with Crippen LogP contribution in [0.25, 0.3) is 0 Å². The van der Waals surface area contributed by atoms with Crippen molar-refractivity contribution in [2.24, 2.45) is 0 Å². The minimum absolute atomic E-state index is 0. The summed E-state index contributed by atoms with van der Waals surface area (Å²) < 4.78 is 5.85. The number of halogens is 3. The molecule has 3 nitrogen and oxygen atoms in total. The van der Waals surface area contributed by atoms with E-state index in [4.69, 9.17) is 27.9 Å². The van der Waals surface area contributed by atoms with Crippen LogP contribution in [-0.2, 0) is 19.7 Å². The molecular formula is C20H18Cl3N2O-. The first-order chi connectivity index (χ1) is 12.2. The highest BCUT2D eigenvalue weighted by molar-refractivity contribution is 6.35. The van der Waals surface area contributed by atoms with E-state index in [0.717, 1.165) is 35.7 Å². The molecule has 6 heteroatoms. The predicted octanol–water partition coefficient (Wildman–Crippen LogP) is 2.26. The average Bonchev–Trinajstić information content (AvgIpc) is 2.62. The van der Waals surface area contributed by atoms with Gasteiger partial charge in [-0.25, -0.2) is 0 Å². The van der Waals surface area contributed by atoms with E-state index in [0.29, 0.717) is 16.7 Å². The normalized spacial score (nSPS) is 10.2. The molecule has 0 spiro atoms. The lowest BCUT2D eigenvalue weighted by Crippen LogP contribution is -3.00. The number of aromatic nitrogens is 1. The third-order valence-electron chi connectivity index (χ3n) is 3.67. The van der Waals surface area contributed by atoms with Gasteiger partial charge >= 0.3 is 0 Å². The standard InChI is InChI=1S/C20H18Cl2N2O.ClH/c21-17-8-7-16(20(22)11-17)14-25-19-6-3-4-15(10-19)12-23-13-18-5-1-2-9-24-18;/h1-11,23H,12-14H2;1H/p-1. The van der Waals surface area contributed by atoms with Crippen LogP contribution in [0.1, 0.15) is 16.8 Å². The van der Waals surface area contributed by atoms with Gasteiger partial charge < -0.3 is 22.5 Å². The summed E-state index contributed by atoms with van der Waals surface area (Å²) in [6, 6.07) is 19.3. The van der Waals surface area contributed by atoms with Gasteiger partial charge in [0.15, 0.2) is 0 Å². The maximum absolute atomic E-state index is 6.17. The smallest absolute Gasteiger partial charge is 0.120 e. The van der Waals surface area contributed by atoms with Gasteiger partial charge in [-0.2, -0.15) is 0 Å². The third kappa shape index (κ3) is 6.19. The molecule has 0 aliphatic carbocycles. The number of ether oxygens (including phenoxy) is 1. The number of benzene rings is 2. The highest BCUT2D eigenvalue weighted by Crippen LogP contribution is 2.23. The van der Waals surface area contributed by atoms with E-state index < -0.39 is 0 Å². The molecule has 1 aromatic heterocycles. The quantitative estimate of drug-likeness (QED) is 0.651. The Bertz CT molecular complexity index is 828. The van der Waals surface area contributed by atoms with Crippen LogP contribution in [0.3, 0.4) is 0 Å². The first kappa shape index (κ1) is 20.5. The zero-order chi connectivity index (χ0) is 17.5. The van der Waals surface area contributed by atoms with Crippen molar-refractivity contribution in [3.8, 4) is 5.75 Å². The van der Waals surface area contributed by atoms with Crippen molar-refractivity contribution in [2.45, 2.75) is 19.7 Å². The van der Waals surface area contributed by atoms with E-state index in [1.807, 2.05) is 48.5 Å². The Hall–Kier alpha value is -1.78. The molecule has 0 unspecified atom stereocenters. The van der Waals surface area contributed by atoms with Crippen molar-refractivity contribution in [3.05, 3.63) is 93.7 Å². The van der Waals surface area contributed by atoms with E-state index in [-0.39, 0.29) is 12.4 Å². The van der Waals surface area contributed by atoms with E-state index in [2.05, 4.69) is 16.4 Å². The Kier molecular flexibility index (Phi) is 8.20. The van der Waals surface area contributed by atoms with Crippen LogP contribution in [0.4, 0.5) is 0 Å². The summed E-state index contributed by atoms with van der Waals surface area (Å²) in [6.07, 6.45) is 1.80. The number of nitrogens with zero attached hydrogens (tertiary/aromatic N) is 1. The minimum Gasteiger partial charge on any atom is -1.00 e. The van der Waals surface area contributed by atoms with Gasteiger partial charge in [-0.05, 0) is 42.0 Å². The van der Waals surface area contributed by atoms with E-state index in [9.17, 15) is 0 Å². The number of rotatable bonds is 7. The number of pyridine rings is 1. The highest BCUT2D eigenvalue weighted by atomic mass is 35.5. The zero-order valence-corrected chi connectivity index (χ0v) is 16.2. The average molecular weight is 409 g/mol. The molecule has 0 saturated heterocycles. The van der Waals surface area contributed by atoms with Gasteiger partial charge in [-0.15, -0.1) is 0 Å². The highest BCUT2D eigenvalue weighted by Gasteiger charge is 2.03. The molecule has 0 aliphatic rings. The maximum Gasteiger partial charge on any atom is 0.120 e. The molecular weight excluding hydrogens is 391 g/mol. The first-order valence-electron chi connectivity index (χ1n) is 7.97. The van der Waals surface area contributed by atoms with Gasteiger partial charge in [0, 0.05) is 34.9 Å². The van der Waals surface area contributed by atoms with Crippen LogP contribution < -0.4 is 22.5 Å². The van der Waals surface area contributed by atoms with E-state index in [1.165, 1.54) is 0 Å². The molecule has 3 aromatic rings. The summed E-state index contributed by atoms with van der Waals surface area (Å²) in [6.45, 7) is 1.88. The fourth-order valence-corrected chi connectivity index (χ4v) is 2.85. The van der Waals surface area contributed by atoms with Crippen molar-refractivity contribution < 1.29 is 17.1 Å². The molecule has 1 N–H and O–H groups in total.